The average molecular weight is 281 g/mol. The van der Waals surface area contributed by atoms with Gasteiger partial charge in [0.1, 0.15) is 5.75 Å². The summed E-state index contributed by atoms with van der Waals surface area (Å²) in [4.78, 5) is 12.3. The Kier molecular flexibility index (Phi) is 3.42. The van der Waals surface area contributed by atoms with Crippen LogP contribution in [0.25, 0.3) is 0 Å². The van der Waals surface area contributed by atoms with E-state index in [1.807, 2.05) is 31.2 Å². The normalized spacial score (nSPS) is 16.5. The topological polar surface area (TPSA) is 38.3 Å². The Labute approximate surface area is 124 Å². The first-order chi connectivity index (χ1) is 10.1. The molecular formula is C18H19NO2. The van der Waals surface area contributed by atoms with Gasteiger partial charge in [-0.05, 0) is 49.1 Å². The molecule has 21 heavy (non-hydrogen) atoms. The summed E-state index contributed by atoms with van der Waals surface area (Å²) in [6, 6.07) is 12.1. The van der Waals surface area contributed by atoms with Crippen LogP contribution in [0.3, 0.4) is 0 Å². The van der Waals surface area contributed by atoms with Gasteiger partial charge in [0.25, 0.3) is 0 Å². The Hall–Kier alpha value is -2.29. The molecule has 2 aromatic rings. The molecule has 108 valence electrons. The molecule has 1 aliphatic rings. The van der Waals surface area contributed by atoms with Gasteiger partial charge in [0.2, 0.25) is 5.91 Å². The Morgan fingerprint density at radius 3 is 2.52 bits per heavy atom. The number of rotatable bonds is 3. The second-order valence-corrected chi connectivity index (χ2v) is 5.64. The second-order valence-electron chi connectivity index (χ2n) is 5.64. The number of carbonyl (C=O) groups excluding carboxylic acids is 1. The largest absolute Gasteiger partial charge is 0.497 e. The fourth-order valence-electron chi connectivity index (χ4n) is 3.00. The van der Waals surface area contributed by atoms with Gasteiger partial charge in [0.05, 0.1) is 13.0 Å². The minimum Gasteiger partial charge on any atom is -0.497 e. The highest BCUT2D eigenvalue weighted by Crippen LogP contribution is 2.37. The molecule has 0 aliphatic carbocycles. The number of hydrogen-bond acceptors (Lipinski definition) is 2. The number of methoxy groups -OCH3 is 1. The zero-order chi connectivity index (χ0) is 15.0. The van der Waals surface area contributed by atoms with E-state index in [4.69, 9.17) is 4.74 Å². The van der Waals surface area contributed by atoms with E-state index in [9.17, 15) is 4.79 Å². The fraction of sp³-hybridized carbons (Fsp3) is 0.278. The van der Waals surface area contributed by atoms with Gasteiger partial charge in [-0.25, -0.2) is 0 Å². The number of hydrogen-bond donors (Lipinski definition) is 1. The molecule has 0 saturated heterocycles. The van der Waals surface area contributed by atoms with Gasteiger partial charge in [-0.3, -0.25) is 4.79 Å². The number of benzene rings is 2. The average Bonchev–Trinajstić information content (AvgIpc) is 2.77. The molecule has 3 heteroatoms. The van der Waals surface area contributed by atoms with Crippen LogP contribution < -0.4 is 10.1 Å². The number of amides is 1. The van der Waals surface area contributed by atoms with Crippen molar-refractivity contribution in [2.24, 2.45) is 0 Å². The summed E-state index contributed by atoms with van der Waals surface area (Å²) in [5, 5.41) is 3.02. The maximum absolute atomic E-state index is 12.3. The summed E-state index contributed by atoms with van der Waals surface area (Å²) in [7, 11) is 1.65. The zero-order valence-corrected chi connectivity index (χ0v) is 12.6. The molecule has 0 bridgehead atoms. The first-order valence-electron chi connectivity index (χ1n) is 7.13. The number of ether oxygens (including phenoxy) is 1. The van der Waals surface area contributed by atoms with E-state index in [0.29, 0.717) is 6.42 Å². The highest BCUT2D eigenvalue weighted by Gasteiger charge is 2.31. The van der Waals surface area contributed by atoms with E-state index >= 15 is 0 Å². The number of aryl methyl sites for hydroxylation is 2. The monoisotopic (exact) mass is 281 g/mol. The van der Waals surface area contributed by atoms with Crippen molar-refractivity contribution in [3.63, 3.8) is 0 Å². The molecule has 1 amide bonds. The van der Waals surface area contributed by atoms with Crippen LogP contribution in [0, 0.1) is 13.8 Å². The number of fused-ring (bicyclic) bond motifs is 1. The fourth-order valence-corrected chi connectivity index (χ4v) is 3.00. The smallest absolute Gasteiger partial charge is 0.232 e. The lowest BCUT2D eigenvalue weighted by molar-refractivity contribution is -0.117. The minimum absolute atomic E-state index is 0.0921. The van der Waals surface area contributed by atoms with E-state index in [1.54, 1.807) is 7.11 Å². The van der Waals surface area contributed by atoms with Crippen molar-refractivity contribution >= 4 is 11.6 Å². The molecular weight excluding hydrogens is 262 g/mol. The molecule has 0 saturated carbocycles. The van der Waals surface area contributed by atoms with Crippen LogP contribution in [0.5, 0.6) is 5.75 Å². The maximum atomic E-state index is 12.3. The first kappa shape index (κ1) is 13.7. The third-order valence-electron chi connectivity index (χ3n) is 4.05. The van der Waals surface area contributed by atoms with Crippen LogP contribution >= 0.6 is 0 Å². The SMILES string of the molecule is COc1ccc(CC2C(=O)Nc3c(C)cc(C)cc32)cc1. The summed E-state index contributed by atoms with van der Waals surface area (Å²) < 4.78 is 5.17. The molecule has 0 fully saturated rings. The van der Waals surface area contributed by atoms with Crippen molar-refractivity contribution in [2.75, 3.05) is 12.4 Å². The van der Waals surface area contributed by atoms with Crippen molar-refractivity contribution in [1.82, 2.24) is 0 Å². The molecule has 1 unspecified atom stereocenters. The van der Waals surface area contributed by atoms with E-state index in [-0.39, 0.29) is 11.8 Å². The number of nitrogens with one attached hydrogen (secondary N) is 1. The molecule has 1 aliphatic heterocycles. The highest BCUT2D eigenvalue weighted by atomic mass is 16.5. The third kappa shape index (κ3) is 2.51. The predicted molar refractivity (Wildman–Crippen MR) is 84.0 cm³/mol. The molecule has 1 atom stereocenters. The van der Waals surface area contributed by atoms with Crippen LogP contribution in [0.15, 0.2) is 36.4 Å². The quantitative estimate of drug-likeness (QED) is 0.933. The first-order valence-corrected chi connectivity index (χ1v) is 7.13. The van der Waals surface area contributed by atoms with Gasteiger partial charge in [-0.1, -0.05) is 29.8 Å². The predicted octanol–water partition coefficient (Wildman–Crippen LogP) is 3.59. The van der Waals surface area contributed by atoms with Gasteiger partial charge in [0, 0.05) is 5.69 Å². The Bertz CT molecular complexity index is 689. The lowest BCUT2D eigenvalue weighted by atomic mass is 9.91. The summed E-state index contributed by atoms with van der Waals surface area (Å²) >= 11 is 0. The molecule has 2 aromatic carbocycles. The van der Waals surface area contributed by atoms with Gasteiger partial charge in [0.15, 0.2) is 0 Å². The Morgan fingerprint density at radius 2 is 1.86 bits per heavy atom. The van der Waals surface area contributed by atoms with Crippen LogP contribution in [0.4, 0.5) is 5.69 Å². The van der Waals surface area contributed by atoms with Gasteiger partial charge in [-0.15, -0.1) is 0 Å². The van der Waals surface area contributed by atoms with Gasteiger partial charge < -0.3 is 10.1 Å². The molecule has 3 nitrogen and oxygen atoms in total. The molecule has 1 heterocycles. The molecule has 0 aromatic heterocycles. The zero-order valence-electron chi connectivity index (χ0n) is 12.6. The number of carbonyl (C=O) groups is 1. The van der Waals surface area contributed by atoms with Crippen molar-refractivity contribution in [3.8, 4) is 5.75 Å². The lowest BCUT2D eigenvalue weighted by Gasteiger charge is -2.11. The van der Waals surface area contributed by atoms with Crippen LogP contribution in [0.2, 0.25) is 0 Å². The minimum atomic E-state index is -0.105. The third-order valence-corrected chi connectivity index (χ3v) is 4.05. The maximum Gasteiger partial charge on any atom is 0.232 e. The lowest BCUT2D eigenvalue weighted by Crippen LogP contribution is -2.14. The van der Waals surface area contributed by atoms with Crippen LogP contribution in [-0.4, -0.2) is 13.0 Å². The van der Waals surface area contributed by atoms with Crippen molar-refractivity contribution in [2.45, 2.75) is 26.2 Å². The summed E-state index contributed by atoms with van der Waals surface area (Å²) in [5.74, 6) is 0.822. The van der Waals surface area contributed by atoms with Crippen molar-refractivity contribution < 1.29 is 9.53 Å². The van der Waals surface area contributed by atoms with E-state index in [1.165, 1.54) is 5.56 Å². The standard InChI is InChI=1S/C18H19NO2/c1-11-8-12(2)17-15(9-11)16(18(20)19-17)10-13-4-6-14(21-3)7-5-13/h4-9,16H,10H2,1-3H3,(H,19,20). The van der Waals surface area contributed by atoms with Crippen molar-refractivity contribution in [1.29, 1.82) is 0 Å². The molecule has 0 radical (unpaired) electrons. The van der Waals surface area contributed by atoms with Crippen LogP contribution in [0.1, 0.15) is 28.2 Å². The summed E-state index contributed by atoms with van der Waals surface area (Å²) in [6.45, 7) is 4.11. The summed E-state index contributed by atoms with van der Waals surface area (Å²) in [6.07, 6.45) is 0.714. The van der Waals surface area contributed by atoms with Gasteiger partial charge >= 0.3 is 0 Å². The van der Waals surface area contributed by atoms with Crippen LogP contribution in [-0.2, 0) is 11.2 Å². The number of anilines is 1. The highest BCUT2D eigenvalue weighted by molar-refractivity contribution is 6.04. The summed E-state index contributed by atoms with van der Waals surface area (Å²) in [5.41, 5.74) is 5.58. The Morgan fingerprint density at radius 1 is 1.14 bits per heavy atom. The van der Waals surface area contributed by atoms with E-state index in [2.05, 4.69) is 24.4 Å². The molecule has 0 spiro atoms. The van der Waals surface area contributed by atoms with Gasteiger partial charge in [-0.2, -0.15) is 0 Å². The second kappa shape index (κ2) is 5.24. The van der Waals surface area contributed by atoms with E-state index in [0.717, 1.165) is 28.1 Å². The Balaban J connectivity index is 1.91. The van der Waals surface area contributed by atoms with E-state index < -0.39 is 0 Å². The van der Waals surface area contributed by atoms with Crippen molar-refractivity contribution in [3.05, 3.63) is 58.7 Å². The molecule has 1 N–H and O–H groups in total. The molecule has 3 rings (SSSR count).